The number of benzene rings is 1. The van der Waals surface area contributed by atoms with Crippen molar-refractivity contribution in [3.8, 4) is 0 Å². The highest BCUT2D eigenvalue weighted by Gasteiger charge is 2.36. The van der Waals surface area contributed by atoms with Crippen molar-refractivity contribution in [1.82, 2.24) is 10.2 Å². The molecule has 1 aromatic rings. The van der Waals surface area contributed by atoms with Crippen molar-refractivity contribution < 1.29 is 14.6 Å². The van der Waals surface area contributed by atoms with E-state index < -0.39 is 11.7 Å². The number of nitrogens with zero attached hydrogens (tertiary/aromatic N) is 1. The van der Waals surface area contributed by atoms with E-state index in [2.05, 4.69) is 29.3 Å². The quantitative estimate of drug-likeness (QED) is 0.869. The van der Waals surface area contributed by atoms with Crippen molar-refractivity contribution in [2.75, 3.05) is 19.7 Å². The number of carbonyl (C=O) groups is 1. The van der Waals surface area contributed by atoms with Crippen LogP contribution in [0.25, 0.3) is 0 Å². The average Bonchev–Trinajstić information content (AvgIpc) is 2.84. The first-order valence-corrected chi connectivity index (χ1v) is 8.65. The van der Waals surface area contributed by atoms with Crippen molar-refractivity contribution in [1.29, 1.82) is 0 Å². The summed E-state index contributed by atoms with van der Waals surface area (Å²) in [4.78, 5) is 14.4. The van der Waals surface area contributed by atoms with Gasteiger partial charge in [0.25, 0.3) is 0 Å². The number of alkyl carbamates (subject to hydrolysis) is 1. The lowest BCUT2D eigenvalue weighted by atomic mass is 9.91. The van der Waals surface area contributed by atoms with Gasteiger partial charge in [0.05, 0.1) is 12.6 Å². The number of nitrogens with one attached hydrogen (secondary N) is 1. The van der Waals surface area contributed by atoms with Gasteiger partial charge in [-0.15, -0.1) is 0 Å². The summed E-state index contributed by atoms with van der Waals surface area (Å²) < 4.78 is 5.31. The predicted octanol–water partition coefficient (Wildman–Crippen LogP) is 2.64. The first kappa shape index (κ1) is 18.7. The molecule has 1 heterocycles. The van der Waals surface area contributed by atoms with Crippen LogP contribution in [0.1, 0.15) is 33.3 Å². The van der Waals surface area contributed by atoms with E-state index in [-0.39, 0.29) is 18.6 Å². The smallest absolute Gasteiger partial charge is 0.407 e. The van der Waals surface area contributed by atoms with Crippen LogP contribution < -0.4 is 5.32 Å². The molecule has 3 atom stereocenters. The molecule has 0 bridgehead atoms. The largest absolute Gasteiger partial charge is 0.444 e. The van der Waals surface area contributed by atoms with Crippen LogP contribution in [-0.4, -0.2) is 47.4 Å². The van der Waals surface area contributed by atoms with Crippen molar-refractivity contribution in [2.24, 2.45) is 11.8 Å². The summed E-state index contributed by atoms with van der Waals surface area (Å²) in [6.07, 6.45) is -0.463. The fourth-order valence-corrected chi connectivity index (χ4v) is 3.34. The summed E-state index contributed by atoms with van der Waals surface area (Å²) in [5.41, 5.74) is 0.746. The van der Waals surface area contributed by atoms with Gasteiger partial charge in [0, 0.05) is 19.6 Å². The molecular weight excluding hydrogens is 304 g/mol. The maximum atomic E-state index is 12.0. The van der Waals surface area contributed by atoms with Crippen LogP contribution in [0.3, 0.4) is 0 Å². The molecule has 0 radical (unpaired) electrons. The highest BCUT2D eigenvalue weighted by molar-refractivity contribution is 5.68. The third-order valence-electron chi connectivity index (χ3n) is 4.41. The Kier molecular flexibility index (Phi) is 6.24. The molecule has 1 amide bonds. The Morgan fingerprint density at radius 1 is 1.33 bits per heavy atom. The molecule has 134 valence electrons. The summed E-state index contributed by atoms with van der Waals surface area (Å²) in [5.74, 6) is 0.618. The zero-order valence-electron chi connectivity index (χ0n) is 15.2. The van der Waals surface area contributed by atoms with Gasteiger partial charge in [-0.3, -0.25) is 4.90 Å². The monoisotopic (exact) mass is 334 g/mol. The minimum Gasteiger partial charge on any atom is -0.444 e. The van der Waals surface area contributed by atoms with Crippen LogP contribution in [-0.2, 0) is 11.3 Å². The van der Waals surface area contributed by atoms with Crippen molar-refractivity contribution in [3.63, 3.8) is 0 Å². The Morgan fingerprint density at radius 2 is 2.00 bits per heavy atom. The SMILES string of the molecule is CC1CN(Cc2ccccc2)CC1C(CO)NC(=O)OC(C)(C)C. The van der Waals surface area contributed by atoms with E-state index in [4.69, 9.17) is 4.74 Å². The second-order valence-electron chi connectivity index (χ2n) is 7.76. The molecule has 1 aliphatic rings. The van der Waals surface area contributed by atoms with Crippen LogP contribution in [0.15, 0.2) is 30.3 Å². The van der Waals surface area contributed by atoms with E-state index in [1.807, 2.05) is 39.0 Å². The fraction of sp³-hybridized carbons (Fsp3) is 0.632. The normalized spacial score (nSPS) is 23.0. The van der Waals surface area contributed by atoms with Gasteiger partial charge >= 0.3 is 6.09 Å². The molecule has 5 heteroatoms. The third kappa shape index (κ3) is 5.49. The zero-order chi connectivity index (χ0) is 17.7. The Morgan fingerprint density at radius 3 is 2.58 bits per heavy atom. The molecule has 1 aliphatic heterocycles. The Hall–Kier alpha value is -1.59. The minimum atomic E-state index is -0.537. The Bertz CT molecular complexity index is 527. The number of rotatable bonds is 5. The topological polar surface area (TPSA) is 61.8 Å². The number of amides is 1. The maximum absolute atomic E-state index is 12.0. The lowest BCUT2D eigenvalue weighted by molar-refractivity contribution is 0.0446. The molecule has 1 aromatic carbocycles. The summed E-state index contributed by atoms with van der Waals surface area (Å²) >= 11 is 0. The van der Waals surface area contributed by atoms with Gasteiger partial charge in [0.2, 0.25) is 0 Å². The van der Waals surface area contributed by atoms with Gasteiger partial charge < -0.3 is 15.2 Å². The second kappa shape index (κ2) is 7.99. The lowest BCUT2D eigenvalue weighted by Crippen LogP contribution is -2.47. The second-order valence-corrected chi connectivity index (χ2v) is 7.76. The van der Waals surface area contributed by atoms with Crippen molar-refractivity contribution in [3.05, 3.63) is 35.9 Å². The molecule has 1 saturated heterocycles. The lowest BCUT2D eigenvalue weighted by Gasteiger charge is -2.27. The van der Waals surface area contributed by atoms with E-state index in [1.54, 1.807) is 0 Å². The number of ether oxygens (including phenoxy) is 1. The molecule has 3 unspecified atom stereocenters. The standard InChI is InChI=1S/C19H30N2O3/c1-14-10-21(11-15-8-6-5-7-9-15)12-16(14)17(13-22)20-18(23)24-19(2,3)4/h5-9,14,16-17,22H,10-13H2,1-4H3,(H,20,23). The molecule has 2 rings (SSSR count). The van der Waals surface area contributed by atoms with E-state index in [9.17, 15) is 9.90 Å². The number of hydrogen-bond donors (Lipinski definition) is 2. The number of likely N-dealkylation sites (tertiary alicyclic amines) is 1. The van der Waals surface area contributed by atoms with Crippen molar-refractivity contribution in [2.45, 2.75) is 45.9 Å². The molecule has 2 N–H and O–H groups in total. The summed E-state index contributed by atoms with van der Waals surface area (Å²) in [6.45, 7) is 10.3. The van der Waals surface area contributed by atoms with Gasteiger partial charge in [-0.1, -0.05) is 37.3 Å². The summed E-state index contributed by atoms with van der Waals surface area (Å²) in [6, 6.07) is 10.1. The zero-order valence-corrected chi connectivity index (χ0v) is 15.2. The van der Waals surface area contributed by atoms with Gasteiger partial charge in [0.15, 0.2) is 0 Å². The molecule has 5 nitrogen and oxygen atoms in total. The average molecular weight is 334 g/mol. The molecule has 0 aliphatic carbocycles. The van der Waals surface area contributed by atoms with E-state index in [0.717, 1.165) is 19.6 Å². The fourth-order valence-electron chi connectivity index (χ4n) is 3.34. The third-order valence-corrected chi connectivity index (χ3v) is 4.41. The van der Waals surface area contributed by atoms with E-state index in [1.165, 1.54) is 5.56 Å². The first-order valence-electron chi connectivity index (χ1n) is 8.65. The van der Waals surface area contributed by atoms with E-state index >= 15 is 0 Å². The molecular formula is C19H30N2O3. The number of carbonyl (C=O) groups excluding carboxylic acids is 1. The molecule has 0 spiro atoms. The van der Waals surface area contributed by atoms with Crippen molar-refractivity contribution >= 4 is 6.09 Å². The molecule has 1 fully saturated rings. The van der Waals surface area contributed by atoms with Crippen LogP contribution >= 0.6 is 0 Å². The van der Waals surface area contributed by atoms with Crippen LogP contribution in [0.5, 0.6) is 0 Å². The van der Waals surface area contributed by atoms with Gasteiger partial charge in [-0.2, -0.15) is 0 Å². The highest BCUT2D eigenvalue weighted by Crippen LogP contribution is 2.27. The number of hydrogen-bond acceptors (Lipinski definition) is 4. The predicted molar refractivity (Wildman–Crippen MR) is 94.6 cm³/mol. The first-order chi connectivity index (χ1) is 11.3. The Labute approximate surface area is 145 Å². The molecule has 0 saturated carbocycles. The number of aliphatic hydroxyl groups is 1. The minimum absolute atomic E-state index is 0.0760. The van der Waals surface area contributed by atoms with Gasteiger partial charge in [0.1, 0.15) is 5.60 Å². The van der Waals surface area contributed by atoms with Crippen LogP contribution in [0.4, 0.5) is 4.79 Å². The van der Waals surface area contributed by atoms with Crippen LogP contribution in [0.2, 0.25) is 0 Å². The molecule has 0 aromatic heterocycles. The summed E-state index contributed by atoms with van der Waals surface area (Å²) in [7, 11) is 0. The van der Waals surface area contributed by atoms with Gasteiger partial charge in [-0.05, 0) is 38.2 Å². The number of aliphatic hydroxyl groups excluding tert-OH is 1. The molecule has 24 heavy (non-hydrogen) atoms. The van der Waals surface area contributed by atoms with E-state index in [0.29, 0.717) is 5.92 Å². The van der Waals surface area contributed by atoms with Gasteiger partial charge in [-0.25, -0.2) is 4.79 Å². The Balaban J connectivity index is 1.93. The summed E-state index contributed by atoms with van der Waals surface area (Å²) in [5, 5.41) is 12.6. The maximum Gasteiger partial charge on any atom is 0.407 e. The highest BCUT2D eigenvalue weighted by atomic mass is 16.6. The van der Waals surface area contributed by atoms with Crippen LogP contribution in [0, 0.1) is 11.8 Å².